The van der Waals surface area contributed by atoms with Crippen molar-refractivity contribution in [1.82, 2.24) is 9.47 Å². The number of aromatic nitrogens is 1. The molecule has 0 saturated carbocycles. The van der Waals surface area contributed by atoms with Crippen molar-refractivity contribution in [2.45, 2.75) is 13.5 Å². The molecule has 5 heteroatoms. The van der Waals surface area contributed by atoms with Crippen LogP contribution in [0.5, 0.6) is 0 Å². The number of benzene rings is 2. The molecule has 0 radical (unpaired) electrons. The van der Waals surface area contributed by atoms with Gasteiger partial charge in [-0.1, -0.05) is 78.6 Å². The maximum atomic E-state index is 12.8. The van der Waals surface area contributed by atoms with Gasteiger partial charge in [0.1, 0.15) is 4.32 Å². The summed E-state index contributed by atoms with van der Waals surface area (Å²) in [4.78, 5) is 15.0. The normalized spacial score (nSPS) is 15.8. The Labute approximate surface area is 174 Å². The van der Waals surface area contributed by atoms with Crippen LogP contribution < -0.4 is 0 Å². The van der Waals surface area contributed by atoms with E-state index in [2.05, 4.69) is 60.5 Å². The molecular weight excluding hydrogens is 384 g/mol. The Balaban J connectivity index is 1.80. The van der Waals surface area contributed by atoms with Crippen LogP contribution in [-0.2, 0) is 11.3 Å². The number of thioether (sulfide) groups is 1. The van der Waals surface area contributed by atoms with Gasteiger partial charge in [-0.3, -0.25) is 9.69 Å². The first-order valence-corrected chi connectivity index (χ1v) is 10.3. The summed E-state index contributed by atoms with van der Waals surface area (Å²) < 4.78 is 2.89. The van der Waals surface area contributed by atoms with Crippen LogP contribution in [0, 0.1) is 6.92 Å². The van der Waals surface area contributed by atoms with E-state index in [0.29, 0.717) is 15.8 Å². The number of amides is 1. The molecule has 1 aliphatic rings. The van der Waals surface area contributed by atoms with Crippen LogP contribution in [0.4, 0.5) is 0 Å². The lowest BCUT2D eigenvalue weighted by atomic mass is 10.1. The van der Waals surface area contributed by atoms with Crippen LogP contribution in [-0.4, -0.2) is 26.2 Å². The number of rotatable bonds is 5. The molecule has 1 fully saturated rings. The first-order valence-electron chi connectivity index (χ1n) is 9.08. The van der Waals surface area contributed by atoms with Gasteiger partial charge in [0.15, 0.2) is 0 Å². The molecule has 1 aliphatic heterocycles. The summed E-state index contributed by atoms with van der Waals surface area (Å²) in [5.74, 6) is -0.0470. The van der Waals surface area contributed by atoms with E-state index in [-0.39, 0.29) is 5.91 Å². The molecule has 0 unspecified atom stereocenters. The van der Waals surface area contributed by atoms with Gasteiger partial charge in [0.25, 0.3) is 5.91 Å². The van der Waals surface area contributed by atoms with Gasteiger partial charge in [-0.25, -0.2) is 0 Å². The van der Waals surface area contributed by atoms with Crippen LogP contribution in [0.2, 0.25) is 0 Å². The van der Waals surface area contributed by atoms with Crippen molar-refractivity contribution in [2.24, 2.45) is 0 Å². The molecule has 1 amide bonds. The van der Waals surface area contributed by atoms with Gasteiger partial charge in [-0.15, -0.1) is 6.58 Å². The number of hydrogen-bond acceptors (Lipinski definition) is 3. The standard InChI is InChI=1S/C23H20N2OS2/c1-3-13-24-22(26)21(28-23(24)27)14-19-16(2)25(15-17-9-5-4-6-10-17)20-12-8-7-11-18(19)20/h3-12,14H,1,13,15H2,2H3/b21-14+. The Morgan fingerprint density at radius 3 is 2.57 bits per heavy atom. The van der Waals surface area contributed by atoms with Crippen molar-refractivity contribution in [2.75, 3.05) is 6.54 Å². The molecule has 3 aromatic rings. The summed E-state index contributed by atoms with van der Waals surface area (Å²) in [5, 5.41) is 1.14. The first kappa shape index (κ1) is 18.7. The molecular formula is C23H20N2OS2. The first-order chi connectivity index (χ1) is 13.6. The Hall–Kier alpha value is -2.63. The highest BCUT2D eigenvalue weighted by Crippen LogP contribution is 2.35. The highest BCUT2D eigenvalue weighted by atomic mass is 32.2. The molecule has 3 nitrogen and oxygen atoms in total. The predicted molar refractivity (Wildman–Crippen MR) is 122 cm³/mol. The smallest absolute Gasteiger partial charge is 0.266 e. The predicted octanol–water partition coefficient (Wildman–Crippen LogP) is 5.39. The van der Waals surface area contributed by atoms with E-state index < -0.39 is 0 Å². The summed E-state index contributed by atoms with van der Waals surface area (Å²) >= 11 is 6.73. The van der Waals surface area contributed by atoms with E-state index in [9.17, 15) is 4.79 Å². The number of thiocarbonyl (C=S) groups is 1. The maximum absolute atomic E-state index is 12.8. The molecule has 2 heterocycles. The molecule has 2 aromatic carbocycles. The molecule has 0 aliphatic carbocycles. The van der Waals surface area contributed by atoms with E-state index in [4.69, 9.17) is 12.2 Å². The number of fused-ring (bicyclic) bond motifs is 1. The molecule has 0 spiro atoms. The van der Waals surface area contributed by atoms with E-state index in [0.717, 1.165) is 28.7 Å². The molecule has 0 N–H and O–H groups in total. The van der Waals surface area contributed by atoms with Crippen LogP contribution in [0.15, 0.2) is 72.2 Å². The highest BCUT2D eigenvalue weighted by molar-refractivity contribution is 8.26. The molecule has 28 heavy (non-hydrogen) atoms. The summed E-state index contributed by atoms with van der Waals surface area (Å²) in [7, 11) is 0. The molecule has 4 rings (SSSR count). The second-order valence-electron chi connectivity index (χ2n) is 6.67. The summed E-state index contributed by atoms with van der Waals surface area (Å²) in [6, 6.07) is 18.7. The lowest BCUT2D eigenvalue weighted by Crippen LogP contribution is -2.27. The van der Waals surface area contributed by atoms with Gasteiger partial charge in [0.05, 0.1) is 4.91 Å². The minimum Gasteiger partial charge on any atom is -0.340 e. The lowest BCUT2D eigenvalue weighted by molar-refractivity contribution is -0.121. The fourth-order valence-corrected chi connectivity index (χ4v) is 4.78. The van der Waals surface area contributed by atoms with Crippen molar-refractivity contribution < 1.29 is 4.79 Å². The molecule has 0 bridgehead atoms. The zero-order valence-corrected chi connectivity index (χ0v) is 17.2. The summed E-state index contributed by atoms with van der Waals surface area (Å²) in [5.41, 5.74) is 4.62. The van der Waals surface area contributed by atoms with Gasteiger partial charge in [-0.2, -0.15) is 0 Å². The van der Waals surface area contributed by atoms with Crippen LogP contribution in [0.1, 0.15) is 16.8 Å². The Kier molecular flexibility index (Phi) is 5.20. The van der Waals surface area contributed by atoms with Crippen LogP contribution in [0.25, 0.3) is 17.0 Å². The van der Waals surface area contributed by atoms with Gasteiger partial charge >= 0.3 is 0 Å². The van der Waals surface area contributed by atoms with Crippen LogP contribution >= 0.6 is 24.0 Å². The number of carbonyl (C=O) groups excluding carboxylic acids is 1. The minimum atomic E-state index is -0.0470. The fraction of sp³-hybridized carbons (Fsp3) is 0.130. The highest BCUT2D eigenvalue weighted by Gasteiger charge is 2.31. The van der Waals surface area contributed by atoms with E-state index in [1.54, 1.807) is 11.0 Å². The minimum absolute atomic E-state index is 0.0470. The number of hydrogen-bond donors (Lipinski definition) is 0. The molecule has 1 aromatic heterocycles. The maximum Gasteiger partial charge on any atom is 0.266 e. The zero-order valence-electron chi connectivity index (χ0n) is 15.6. The van der Waals surface area contributed by atoms with Crippen molar-refractivity contribution in [3.05, 3.63) is 89.0 Å². The van der Waals surface area contributed by atoms with Crippen molar-refractivity contribution in [1.29, 1.82) is 0 Å². The molecule has 1 saturated heterocycles. The topological polar surface area (TPSA) is 25.2 Å². The fourth-order valence-electron chi connectivity index (χ4n) is 3.53. The van der Waals surface area contributed by atoms with E-state index in [1.165, 1.54) is 17.3 Å². The van der Waals surface area contributed by atoms with E-state index in [1.807, 2.05) is 18.2 Å². The second-order valence-corrected chi connectivity index (χ2v) is 8.34. The average Bonchev–Trinajstić information content (AvgIpc) is 3.12. The monoisotopic (exact) mass is 404 g/mol. The van der Waals surface area contributed by atoms with Crippen molar-refractivity contribution >= 4 is 51.2 Å². The van der Waals surface area contributed by atoms with Gasteiger partial charge in [0.2, 0.25) is 0 Å². The SMILES string of the molecule is C=CCN1C(=O)/C(=C\c2c(C)n(Cc3ccccc3)c3ccccc23)SC1=S. The quantitative estimate of drug-likeness (QED) is 0.324. The van der Waals surface area contributed by atoms with Crippen molar-refractivity contribution in [3.63, 3.8) is 0 Å². The van der Waals surface area contributed by atoms with E-state index >= 15 is 0 Å². The number of para-hydroxylation sites is 1. The third kappa shape index (κ3) is 3.32. The van der Waals surface area contributed by atoms with Gasteiger partial charge in [0, 0.05) is 35.2 Å². The molecule has 0 atom stereocenters. The van der Waals surface area contributed by atoms with Crippen molar-refractivity contribution in [3.8, 4) is 0 Å². The van der Waals surface area contributed by atoms with Gasteiger partial charge in [-0.05, 0) is 24.6 Å². The third-order valence-electron chi connectivity index (χ3n) is 4.92. The molecule has 140 valence electrons. The van der Waals surface area contributed by atoms with Gasteiger partial charge < -0.3 is 4.57 Å². The third-order valence-corrected chi connectivity index (χ3v) is 6.30. The van der Waals surface area contributed by atoms with Crippen LogP contribution in [0.3, 0.4) is 0 Å². The largest absolute Gasteiger partial charge is 0.340 e. The summed E-state index contributed by atoms with van der Waals surface area (Å²) in [6.45, 7) is 7.06. The number of nitrogens with zero attached hydrogens (tertiary/aromatic N) is 2. The zero-order chi connectivity index (χ0) is 19.7. The average molecular weight is 405 g/mol. The number of carbonyl (C=O) groups is 1. The lowest BCUT2D eigenvalue weighted by Gasteiger charge is -2.10. The Bertz CT molecular complexity index is 1110. The Morgan fingerprint density at radius 2 is 1.82 bits per heavy atom. The Morgan fingerprint density at radius 1 is 1.11 bits per heavy atom. The second kappa shape index (κ2) is 7.78. The summed E-state index contributed by atoms with van der Waals surface area (Å²) in [6.07, 6.45) is 3.69.